The van der Waals surface area contributed by atoms with Gasteiger partial charge >= 0.3 is 0 Å². The Morgan fingerprint density at radius 2 is 2.00 bits per heavy atom. The molecule has 3 rings (SSSR count). The van der Waals surface area contributed by atoms with Crippen LogP contribution in [0, 0.1) is 6.92 Å². The van der Waals surface area contributed by atoms with E-state index in [-0.39, 0.29) is 0 Å². The fraction of sp³-hybridized carbons (Fsp3) is 0.0833. The molecule has 0 fully saturated rings. The number of benzene rings is 1. The van der Waals surface area contributed by atoms with Crippen LogP contribution in [0.25, 0.3) is 22.4 Å². The molecule has 3 aromatic rings. The number of fused-ring (bicyclic) bond motifs is 1. The molecule has 0 saturated carbocycles. The monoisotopic (exact) mass is 245 g/mol. The highest BCUT2D eigenvalue weighted by Gasteiger charge is 2.12. The van der Waals surface area contributed by atoms with Crippen molar-refractivity contribution in [3.63, 3.8) is 0 Å². The maximum absolute atomic E-state index is 5.98. The largest absolute Gasteiger partial charge is 0.334 e. The summed E-state index contributed by atoms with van der Waals surface area (Å²) in [6.45, 7) is 1.78. The van der Waals surface area contributed by atoms with Crippen LogP contribution in [0.3, 0.4) is 0 Å². The summed E-state index contributed by atoms with van der Waals surface area (Å²) in [5, 5.41) is 5.14. The Labute approximate surface area is 102 Å². The van der Waals surface area contributed by atoms with Crippen molar-refractivity contribution in [1.82, 2.24) is 15.1 Å². The molecule has 84 valence electrons. The van der Waals surface area contributed by atoms with E-state index in [0.29, 0.717) is 16.9 Å². The molecule has 0 unspecified atom stereocenters. The van der Waals surface area contributed by atoms with Gasteiger partial charge in [0.1, 0.15) is 5.15 Å². The van der Waals surface area contributed by atoms with Gasteiger partial charge in [-0.2, -0.15) is 4.98 Å². The number of aryl methyl sites for hydroxylation is 1. The van der Waals surface area contributed by atoms with Gasteiger partial charge in [-0.15, -0.1) is 0 Å². The molecule has 0 spiro atoms. The quantitative estimate of drug-likeness (QED) is 0.618. The second-order valence-electron chi connectivity index (χ2n) is 3.66. The molecule has 0 saturated heterocycles. The third-order valence-electron chi connectivity index (χ3n) is 2.44. The zero-order valence-corrected chi connectivity index (χ0v) is 9.77. The van der Waals surface area contributed by atoms with Gasteiger partial charge in [-0.3, -0.25) is 0 Å². The van der Waals surface area contributed by atoms with Gasteiger partial charge in [0.25, 0.3) is 5.89 Å². The minimum absolute atomic E-state index is 0.412. The van der Waals surface area contributed by atoms with Gasteiger partial charge in [0.15, 0.2) is 5.82 Å². The van der Waals surface area contributed by atoms with E-state index >= 15 is 0 Å². The van der Waals surface area contributed by atoms with Gasteiger partial charge < -0.3 is 4.52 Å². The van der Waals surface area contributed by atoms with Crippen LogP contribution in [0.4, 0.5) is 0 Å². The van der Waals surface area contributed by atoms with Crippen molar-refractivity contribution in [1.29, 1.82) is 0 Å². The van der Waals surface area contributed by atoms with Gasteiger partial charge in [0.05, 0.1) is 11.1 Å². The van der Waals surface area contributed by atoms with Gasteiger partial charge in [-0.05, 0) is 19.1 Å². The number of rotatable bonds is 1. The summed E-state index contributed by atoms with van der Waals surface area (Å²) in [6, 6.07) is 9.43. The van der Waals surface area contributed by atoms with Crippen LogP contribution in [0.2, 0.25) is 5.15 Å². The number of hydrogen-bond donors (Lipinski definition) is 0. The highest BCUT2D eigenvalue weighted by atomic mass is 35.5. The van der Waals surface area contributed by atoms with E-state index < -0.39 is 0 Å². The predicted molar refractivity (Wildman–Crippen MR) is 64.8 cm³/mol. The zero-order valence-electron chi connectivity index (χ0n) is 9.01. The van der Waals surface area contributed by atoms with Crippen molar-refractivity contribution in [3.05, 3.63) is 41.3 Å². The Bertz CT molecular complexity index is 693. The average molecular weight is 246 g/mol. The van der Waals surface area contributed by atoms with E-state index in [1.54, 1.807) is 13.0 Å². The van der Waals surface area contributed by atoms with Crippen LogP contribution in [0.15, 0.2) is 34.9 Å². The molecule has 0 aliphatic carbocycles. The third-order valence-corrected chi connectivity index (χ3v) is 2.64. The lowest BCUT2D eigenvalue weighted by Crippen LogP contribution is -1.86. The normalized spacial score (nSPS) is 10.9. The summed E-state index contributed by atoms with van der Waals surface area (Å²) in [5.74, 6) is 1.06. The third kappa shape index (κ3) is 1.76. The average Bonchev–Trinajstić information content (AvgIpc) is 2.74. The van der Waals surface area contributed by atoms with E-state index in [9.17, 15) is 0 Å². The second kappa shape index (κ2) is 3.82. The number of hydrogen-bond acceptors (Lipinski definition) is 4. The Morgan fingerprint density at radius 3 is 2.76 bits per heavy atom. The first-order chi connectivity index (χ1) is 8.24. The van der Waals surface area contributed by atoms with Gasteiger partial charge in [-0.1, -0.05) is 35.0 Å². The number of pyridine rings is 1. The van der Waals surface area contributed by atoms with Crippen LogP contribution in [-0.4, -0.2) is 15.1 Å². The van der Waals surface area contributed by atoms with Crippen LogP contribution < -0.4 is 0 Å². The van der Waals surface area contributed by atoms with Crippen molar-refractivity contribution in [2.75, 3.05) is 0 Å². The molecular weight excluding hydrogens is 238 g/mol. The molecule has 0 atom stereocenters. The SMILES string of the molecule is Cc1noc(-c2cc(Cl)nc3ccccc23)n1. The molecular formula is C12H8ClN3O. The number of para-hydroxylation sites is 1. The van der Waals surface area contributed by atoms with Crippen LogP contribution in [0.1, 0.15) is 5.82 Å². The fourth-order valence-corrected chi connectivity index (χ4v) is 1.93. The standard InChI is InChI=1S/C12H8ClN3O/c1-7-14-12(17-16-7)9-6-11(13)15-10-5-3-2-4-8(9)10/h2-6H,1H3. The Hall–Kier alpha value is -1.94. The van der Waals surface area contributed by atoms with E-state index in [4.69, 9.17) is 16.1 Å². The molecule has 2 aromatic heterocycles. The molecule has 0 amide bonds. The summed E-state index contributed by atoms with van der Waals surface area (Å²) in [4.78, 5) is 8.45. The highest BCUT2D eigenvalue weighted by Crippen LogP contribution is 2.28. The maximum atomic E-state index is 5.98. The molecule has 5 heteroatoms. The molecule has 0 radical (unpaired) electrons. The molecule has 0 bridgehead atoms. The van der Waals surface area contributed by atoms with E-state index in [1.165, 1.54) is 0 Å². The molecule has 17 heavy (non-hydrogen) atoms. The topological polar surface area (TPSA) is 51.8 Å². The fourth-order valence-electron chi connectivity index (χ4n) is 1.73. The molecule has 0 aliphatic heterocycles. The summed E-state index contributed by atoms with van der Waals surface area (Å²) >= 11 is 5.98. The molecule has 0 N–H and O–H groups in total. The van der Waals surface area contributed by atoms with Crippen LogP contribution >= 0.6 is 11.6 Å². The summed E-state index contributed by atoms with van der Waals surface area (Å²) in [7, 11) is 0. The van der Waals surface area contributed by atoms with E-state index in [0.717, 1.165) is 16.5 Å². The molecule has 1 aromatic carbocycles. The Morgan fingerprint density at radius 1 is 1.18 bits per heavy atom. The first-order valence-corrected chi connectivity index (χ1v) is 5.48. The van der Waals surface area contributed by atoms with Crippen molar-refractivity contribution >= 4 is 22.5 Å². The highest BCUT2D eigenvalue weighted by molar-refractivity contribution is 6.30. The predicted octanol–water partition coefficient (Wildman–Crippen LogP) is 3.25. The summed E-state index contributed by atoms with van der Waals surface area (Å²) in [6.07, 6.45) is 0. The second-order valence-corrected chi connectivity index (χ2v) is 4.04. The zero-order chi connectivity index (χ0) is 11.8. The van der Waals surface area contributed by atoms with E-state index in [1.807, 2.05) is 24.3 Å². The van der Waals surface area contributed by atoms with Gasteiger partial charge in [0.2, 0.25) is 0 Å². The molecule has 4 nitrogen and oxygen atoms in total. The molecule has 2 heterocycles. The minimum atomic E-state index is 0.412. The van der Waals surface area contributed by atoms with Crippen LogP contribution in [-0.2, 0) is 0 Å². The lowest BCUT2D eigenvalue weighted by atomic mass is 10.1. The first kappa shape index (κ1) is 10.2. The summed E-state index contributed by atoms with van der Waals surface area (Å²) < 4.78 is 5.17. The Kier molecular flexibility index (Phi) is 2.30. The number of halogens is 1. The Balaban J connectivity index is 2.35. The lowest BCUT2D eigenvalue weighted by molar-refractivity contribution is 0.426. The first-order valence-electron chi connectivity index (χ1n) is 5.10. The van der Waals surface area contributed by atoms with Crippen molar-refractivity contribution < 1.29 is 4.52 Å². The van der Waals surface area contributed by atoms with Crippen LogP contribution in [0.5, 0.6) is 0 Å². The van der Waals surface area contributed by atoms with E-state index in [2.05, 4.69) is 15.1 Å². The number of aromatic nitrogens is 3. The van der Waals surface area contributed by atoms with Gasteiger partial charge in [-0.25, -0.2) is 4.98 Å². The maximum Gasteiger partial charge on any atom is 0.258 e. The summed E-state index contributed by atoms with van der Waals surface area (Å²) in [5.41, 5.74) is 1.62. The van der Waals surface area contributed by atoms with Crippen molar-refractivity contribution in [2.24, 2.45) is 0 Å². The number of nitrogens with zero attached hydrogens (tertiary/aromatic N) is 3. The molecule has 0 aliphatic rings. The minimum Gasteiger partial charge on any atom is -0.334 e. The van der Waals surface area contributed by atoms with Crippen molar-refractivity contribution in [2.45, 2.75) is 6.92 Å². The smallest absolute Gasteiger partial charge is 0.258 e. The lowest BCUT2D eigenvalue weighted by Gasteiger charge is -2.02. The van der Waals surface area contributed by atoms with Crippen molar-refractivity contribution in [3.8, 4) is 11.5 Å². The van der Waals surface area contributed by atoms with Gasteiger partial charge in [0, 0.05) is 5.39 Å².